The second-order valence-corrected chi connectivity index (χ2v) is 6.51. The van der Waals surface area contributed by atoms with E-state index in [-0.39, 0.29) is 5.91 Å². The van der Waals surface area contributed by atoms with E-state index in [1.165, 1.54) is 0 Å². The van der Waals surface area contributed by atoms with Crippen LogP contribution in [0.15, 0.2) is 66.9 Å². The summed E-state index contributed by atoms with van der Waals surface area (Å²) >= 11 is 0. The molecule has 1 amide bonds. The molecule has 3 aromatic rings. The van der Waals surface area contributed by atoms with Crippen LogP contribution in [-0.2, 0) is 17.8 Å². The number of carbonyl (C=O) groups excluding carboxylic acids is 1. The Morgan fingerprint density at radius 1 is 0.931 bits per heavy atom. The van der Waals surface area contributed by atoms with Crippen molar-refractivity contribution in [1.29, 1.82) is 0 Å². The topological polar surface area (TPSA) is 72.5 Å². The van der Waals surface area contributed by atoms with E-state index in [4.69, 9.17) is 9.47 Å². The van der Waals surface area contributed by atoms with Crippen LogP contribution in [0.2, 0.25) is 0 Å². The molecule has 3 rings (SSSR count). The number of aromatic nitrogens is 1. The number of hydrogen-bond donors (Lipinski definition) is 2. The number of hydrogen-bond acceptors (Lipinski definition) is 5. The Bertz CT molecular complexity index is 928. The van der Waals surface area contributed by atoms with Gasteiger partial charge < -0.3 is 20.1 Å². The van der Waals surface area contributed by atoms with Crippen molar-refractivity contribution in [3.05, 3.63) is 78.0 Å². The Morgan fingerprint density at radius 2 is 1.72 bits per heavy atom. The first kappa shape index (κ1) is 20.2. The first-order valence-electron chi connectivity index (χ1n) is 9.42. The first-order chi connectivity index (χ1) is 14.2. The summed E-state index contributed by atoms with van der Waals surface area (Å²) in [6, 6.07) is 19.4. The van der Waals surface area contributed by atoms with E-state index in [9.17, 15) is 4.79 Å². The van der Waals surface area contributed by atoms with Crippen LogP contribution in [0.25, 0.3) is 0 Å². The third-order valence-corrected chi connectivity index (χ3v) is 4.46. The minimum absolute atomic E-state index is 0.0487. The molecule has 0 saturated heterocycles. The zero-order valence-electron chi connectivity index (χ0n) is 16.6. The number of amides is 1. The molecule has 29 heavy (non-hydrogen) atoms. The molecule has 0 saturated carbocycles. The summed E-state index contributed by atoms with van der Waals surface area (Å²) in [4.78, 5) is 16.4. The molecular formula is C23H25N3O3. The van der Waals surface area contributed by atoms with E-state index in [0.29, 0.717) is 36.7 Å². The number of rotatable bonds is 9. The molecule has 0 aliphatic rings. The number of ether oxygens (including phenoxy) is 2. The zero-order valence-corrected chi connectivity index (χ0v) is 16.6. The van der Waals surface area contributed by atoms with Gasteiger partial charge in [-0.2, -0.15) is 0 Å². The fourth-order valence-electron chi connectivity index (χ4n) is 2.87. The highest BCUT2D eigenvalue weighted by molar-refractivity contribution is 5.89. The Balaban J connectivity index is 1.49. The van der Waals surface area contributed by atoms with Gasteiger partial charge in [0.05, 0.1) is 26.1 Å². The fraction of sp³-hybridized carbons (Fsp3) is 0.217. The lowest BCUT2D eigenvalue weighted by Crippen LogP contribution is -2.13. The van der Waals surface area contributed by atoms with Crippen molar-refractivity contribution < 1.29 is 14.3 Å². The number of nitrogens with one attached hydrogen (secondary N) is 2. The van der Waals surface area contributed by atoms with Crippen molar-refractivity contribution in [3.8, 4) is 11.5 Å². The maximum atomic E-state index is 12.1. The minimum atomic E-state index is -0.0487. The van der Waals surface area contributed by atoms with Crippen LogP contribution < -0.4 is 20.1 Å². The van der Waals surface area contributed by atoms with Gasteiger partial charge in [-0.05, 0) is 41.8 Å². The van der Waals surface area contributed by atoms with Crippen LogP contribution in [0.3, 0.4) is 0 Å². The van der Waals surface area contributed by atoms with Gasteiger partial charge in [0.15, 0.2) is 11.5 Å². The molecule has 0 aliphatic heterocycles. The summed E-state index contributed by atoms with van der Waals surface area (Å²) in [6.07, 6.45) is 2.83. The SMILES string of the molecule is COc1ccc(CNc2ccc(NC(=O)CCc3ccccc3)nc2)cc1OC. The Hall–Kier alpha value is -3.54. The standard InChI is InChI=1S/C23H25N3O3/c1-28-20-11-8-18(14-21(20)29-2)15-24-19-10-12-22(25-16-19)26-23(27)13-9-17-6-4-3-5-7-17/h3-8,10-12,14,16,24H,9,13,15H2,1-2H3,(H,25,26,27). The number of pyridine rings is 1. The highest BCUT2D eigenvalue weighted by atomic mass is 16.5. The molecule has 0 bridgehead atoms. The summed E-state index contributed by atoms with van der Waals surface area (Å²) in [6.45, 7) is 0.616. The summed E-state index contributed by atoms with van der Waals surface area (Å²) in [5, 5.41) is 6.14. The van der Waals surface area contributed by atoms with Crippen LogP contribution in [0, 0.1) is 0 Å². The molecule has 1 heterocycles. The number of carbonyl (C=O) groups is 1. The fourth-order valence-corrected chi connectivity index (χ4v) is 2.87. The van der Waals surface area contributed by atoms with Crippen molar-refractivity contribution in [1.82, 2.24) is 4.98 Å². The van der Waals surface area contributed by atoms with Gasteiger partial charge in [-0.3, -0.25) is 4.79 Å². The van der Waals surface area contributed by atoms with Gasteiger partial charge in [-0.1, -0.05) is 36.4 Å². The number of methoxy groups -OCH3 is 2. The lowest BCUT2D eigenvalue weighted by molar-refractivity contribution is -0.116. The quantitative estimate of drug-likeness (QED) is 0.570. The average molecular weight is 391 g/mol. The average Bonchev–Trinajstić information content (AvgIpc) is 2.77. The maximum Gasteiger partial charge on any atom is 0.225 e. The summed E-state index contributed by atoms with van der Waals surface area (Å²) < 4.78 is 10.6. The molecule has 0 fully saturated rings. The molecule has 0 aliphatic carbocycles. The Labute approximate surface area is 170 Å². The second kappa shape index (κ2) is 10.1. The van der Waals surface area contributed by atoms with Gasteiger partial charge in [0, 0.05) is 13.0 Å². The molecule has 0 atom stereocenters. The molecule has 1 aromatic heterocycles. The van der Waals surface area contributed by atoms with Crippen molar-refractivity contribution in [2.75, 3.05) is 24.9 Å². The molecule has 6 heteroatoms. The lowest BCUT2D eigenvalue weighted by atomic mass is 10.1. The van der Waals surface area contributed by atoms with Crippen LogP contribution in [0.5, 0.6) is 11.5 Å². The molecule has 0 spiro atoms. The number of nitrogens with zero attached hydrogens (tertiary/aromatic N) is 1. The van der Waals surface area contributed by atoms with Gasteiger partial charge in [0.1, 0.15) is 5.82 Å². The van der Waals surface area contributed by atoms with Crippen LogP contribution in [0.4, 0.5) is 11.5 Å². The molecule has 6 nitrogen and oxygen atoms in total. The summed E-state index contributed by atoms with van der Waals surface area (Å²) in [5.74, 6) is 1.89. The third-order valence-electron chi connectivity index (χ3n) is 4.46. The maximum absolute atomic E-state index is 12.1. The van der Waals surface area contributed by atoms with E-state index in [1.807, 2.05) is 54.6 Å². The zero-order chi connectivity index (χ0) is 20.5. The Morgan fingerprint density at radius 3 is 2.41 bits per heavy atom. The van der Waals surface area contributed by atoms with Gasteiger partial charge in [-0.25, -0.2) is 4.98 Å². The number of anilines is 2. The second-order valence-electron chi connectivity index (χ2n) is 6.51. The molecule has 2 aromatic carbocycles. The van der Waals surface area contributed by atoms with E-state index >= 15 is 0 Å². The van der Waals surface area contributed by atoms with E-state index < -0.39 is 0 Å². The number of aryl methyl sites for hydroxylation is 1. The molecule has 0 unspecified atom stereocenters. The summed E-state index contributed by atoms with van der Waals surface area (Å²) in [5.41, 5.74) is 3.06. The molecule has 0 radical (unpaired) electrons. The molecule has 2 N–H and O–H groups in total. The van der Waals surface area contributed by atoms with Gasteiger partial charge >= 0.3 is 0 Å². The van der Waals surface area contributed by atoms with E-state index in [0.717, 1.165) is 16.8 Å². The van der Waals surface area contributed by atoms with E-state index in [2.05, 4.69) is 15.6 Å². The third kappa shape index (κ3) is 5.97. The normalized spacial score (nSPS) is 10.3. The predicted molar refractivity (Wildman–Crippen MR) is 115 cm³/mol. The Kier molecular flexibility index (Phi) is 7.05. The van der Waals surface area contributed by atoms with Gasteiger partial charge in [-0.15, -0.1) is 0 Å². The lowest BCUT2D eigenvalue weighted by Gasteiger charge is -2.11. The predicted octanol–water partition coefficient (Wildman–Crippen LogP) is 4.28. The smallest absolute Gasteiger partial charge is 0.225 e. The minimum Gasteiger partial charge on any atom is -0.493 e. The van der Waals surface area contributed by atoms with Crippen LogP contribution >= 0.6 is 0 Å². The van der Waals surface area contributed by atoms with Crippen LogP contribution in [0.1, 0.15) is 17.5 Å². The van der Waals surface area contributed by atoms with Gasteiger partial charge in [0.2, 0.25) is 5.91 Å². The van der Waals surface area contributed by atoms with Crippen LogP contribution in [-0.4, -0.2) is 25.1 Å². The summed E-state index contributed by atoms with van der Waals surface area (Å²) in [7, 11) is 3.23. The van der Waals surface area contributed by atoms with E-state index in [1.54, 1.807) is 26.5 Å². The highest BCUT2D eigenvalue weighted by Crippen LogP contribution is 2.27. The van der Waals surface area contributed by atoms with Crippen molar-refractivity contribution in [2.45, 2.75) is 19.4 Å². The van der Waals surface area contributed by atoms with Crippen molar-refractivity contribution in [3.63, 3.8) is 0 Å². The largest absolute Gasteiger partial charge is 0.493 e. The first-order valence-corrected chi connectivity index (χ1v) is 9.42. The molecule has 150 valence electrons. The highest BCUT2D eigenvalue weighted by Gasteiger charge is 2.06. The van der Waals surface area contributed by atoms with Crippen molar-refractivity contribution >= 4 is 17.4 Å². The number of benzene rings is 2. The van der Waals surface area contributed by atoms with Gasteiger partial charge in [0.25, 0.3) is 0 Å². The molecular weight excluding hydrogens is 366 g/mol. The monoisotopic (exact) mass is 391 g/mol. The van der Waals surface area contributed by atoms with Crippen molar-refractivity contribution in [2.24, 2.45) is 0 Å².